The molecule has 6 heteroatoms. The van der Waals surface area contributed by atoms with Gasteiger partial charge in [-0.05, 0) is 35.4 Å². The number of H-pyrrole nitrogens is 1. The number of anilines is 1. The van der Waals surface area contributed by atoms with Crippen LogP contribution in [0.25, 0.3) is 17.0 Å². The molecule has 0 saturated carbocycles. The standard InChI is InChI=1S/C18H17FN4O/c1-23(17(24)8-6-12-5-7-16(20)21-9-12)11-13-10-22-18-14(13)3-2-4-15(18)19/h2-10,22H,11H2,1H3,(H2,20,21)/b8-6+. The zero-order valence-electron chi connectivity index (χ0n) is 13.2. The molecule has 0 aliphatic carbocycles. The maximum Gasteiger partial charge on any atom is 0.246 e. The molecular weight excluding hydrogens is 307 g/mol. The van der Waals surface area contributed by atoms with Gasteiger partial charge >= 0.3 is 0 Å². The van der Waals surface area contributed by atoms with Crippen LogP contribution in [0.5, 0.6) is 0 Å². The fraction of sp³-hybridized carbons (Fsp3) is 0.111. The van der Waals surface area contributed by atoms with Crippen LogP contribution in [0.4, 0.5) is 10.2 Å². The molecule has 0 aliphatic heterocycles. The molecule has 24 heavy (non-hydrogen) atoms. The number of aromatic amines is 1. The van der Waals surface area contributed by atoms with Crippen molar-refractivity contribution >= 4 is 28.7 Å². The molecule has 0 saturated heterocycles. The van der Waals surface area contributed by atoms with Gasteiger partial charge in [0.05, 0.1) is 5.52 Å². The number of benzene rings is 1. The summed E-state index contributed by atoms with van der Waals surface area (Å²) in [7, 11) is 1.70. The Balaban J connectivity index is 1.71. The molecule has 2 aromatic heterocycles. The Morgan fingerprint density at radius 2 is 2.21 bits per heavy atom. The van der Waals surface area contributed by atoms with E-state index >= 15 is 0 Å². The fourth-order valence-electron chi connectivity index (χ4n) is 2.45. The third kappa shape index (κ3) is 3.27. The second-order valence-corrected chi connectivity index (χ2v) is 5.52. The predicted molar refractivity (Wildman–Crippen MR) is 92.4 cm³/mol. The lowest BCUT2D eigenvalue weighted by Gasteiger charge is -2.14. The Morgan fingerprint density at radius 1 is 1.38 bits per heavy atom. The van der Waals surface area contributed by atoms with Crippen LogP contribution in [-0.2, 0) is 11.3 Å². The van der Waals surface area contributed by atoms with Gasteiger partial charge in [-0.2, -0.15) is 0 Å². The van der Waals surface area contributed by atoms with Crippen molar-refractivity contribution in [1.29, 1.82) is 0 Å². The monoisotopic (exact) mass is 324 g/mol. The van der Waals surface area contributed by atoms with Crippen LogP contribution >= 0.6 is 0 Å². The quantitative estimate of drug-likeness (QED) is 0.725. The van der Waals surface area contributed by atoms with Crippen LogP contribution in [0.1, 0.15) is 11.1 Å². The van der Waals surface area contributed by atoms with Crippen molar-refractivity contribution in [1.82, 2.24) is 14.9 Å². The van der Waals surface area contributed by atoms with E-state index in [0.29, 0.717) is 17.9 Å². The number of rotatable bonds is 4. The molecule has 0 unspecified atom stereocenters. The van der Waals surface area contributed by atoms with Crippen LogP contribution < -0.4 is 5.73 Å². The van der Waals surface area contributed by atoms with Crippen molar-refractivity contribution in [3.05, 3.63) is 65.7 Å². The molecule has 3 aromatic rings. The second-order valence-electron chi connectivity index (χ2n) is 5.52. The molecule has 5 nitrogen and oxygen atoms in total. The first-order valence-corrected chi connectivity index (χ1v) is 7.44. The minimum Gasteiger partial charge on any atom is -0.384 e. The van der Waals surface area contributed by atoms with Gasteiger partial charge in [-0.15, -0.1) is 0 Å². The number of nitrogens with zero attached hydrogens (tertiary/aromatic N) is 2. The summed E-state index contributed by atoms with van der Waals surface area (Å²) >= 11 is 0. The fourth-order valence-corrected chi connectivity index (χ4v) is 2.45. The number of carbonyl (C=O) groups is 1. The minimum absolute atomic E-state index is 0.155. The molecule has 1 amide bonds. The zero-order valence-corrected chi connectivity index (χ0v) is 13.2. The molecular formula is C18H17FN4O. The lowest BCUT2D eigenvalue weighted by molar-refractivity contribution is -0.125. The smallest absolute Gasteiger partial charge is 0.246 e. The number of pyridine rings is 1. The number of nitrogens with one attached hydrogen (secondary N) is 1. The second kappa shape index (κ2) is 6.54. The number of carbonyl (C=O) groups excluding carboxylic acids is 1. The molecule has 0 aliphatic rings. The van der Waals surface area contributed by atoms with Crippen molar-refractivity contribution in [2.75, 3.05) is 12.8 Å². The number of nitrogens with two attached hydrogens (primary N) is 1. The number of halogens is 1. The topological polar surface area (TPSA) is 75.0 Å². The Hall–Kier alpha value is -3.15. The summed E-state index contributed by atoms with van der Waals surface area (Å²) in [5.41, 5.74) is 7.63. The summed E-state index contributed by atoms with van der Waals surface area (Å²) in [5, 5.41) is 0.779. The Kier molecular flexibility index (Phi) is 4.29. The average molecular weight is 324 g/mol. The number of fused-ring (bicyclic) bond motifs is 1. The van der Waals surface area contributed by atoms with Crippen molar-refractivity contribution in [2.24, 2.45) is 0 Å². The number of nitrogen functional groups attached to an aromatic ring is 1. The first-order chi connectivity index (χ1) is 11.5. The van der Waals surface area contributed by atoms with E-state index in [0.717, 1.165) is 16.5 Å². The van der Waals surface area contributed by atoms with Gasteiger partial charge < -0.3 is 15.6 Å². The summed E-state index contributed by atoms with van der Waals surface area (Å²) in [6.07, 6.45) is 6.48. The molecule has 0 spiro atoms. The lowest BCUT2D eigenvalue weighted by Crippen LogP contribution is -2.23. The van der Waals surface area contributed by atoms with Crippen LogP contribution in [0, 0.1) is 5.82 Å². The van der Waals surface area contributed by atoms with E-state index in [1.807, 2.05) is 6.07 Å². The van der Waals surface area contributed by atoms with Gasteiger partial charge in [0.25, 0.3) is 0 Å². The van der Waals surface area contributed by atoms with Gasteiger partial charge in [-0.25, -0.2) is 9.37 Å². The highest BCUT2D eigenvalue weighted by Crippen LogP contribution is 2.21. The van der Waals surface area contributed by atoms with Crippen molar-refractivity contribution in [2.45, 2.75) is 6.54 Å². The molecule has 1 aromatic carbocycles. The molecule has 3 rings (SSSR count). The number of para-hydroxylation sites is 1. The van der Waals surface area contributed by atoms with Gasteiger partial charge in [-0.3, -0.25) is 4.79 Å². The Bertz CT molecular complexity index is 899. The van der Waals surface area contributed by atoms with E-state index in [1.165, 1.54) is 12.1 Å². The minimum atomic E-state index is -0.302. The summed E-state index contributed by atoms with van der Waals surface area (Å²) in [4.78, 5) is 20.7. The molecule has 2 heterocycles. The highest BCUT2D eigenvalue weighted by atomic mass is 19.1. The Morgan fingerprint density at radius 3 is 2.96 bits per heavy atom. The number of hydrogen-bond acceptors (Lipinski definition) is 3. The van der Waals surface area contributed by atoms with Crippen molar-refractivity contribution in [3.8, 4) is 0 Å². The summed E-state index contributed by atoms with van der Waals surface area (Å²) in [5.74, 6) is -0.0248. The van der Waals surface area contributed by atoms with E-state index in [-0.39, 0.29) is 11.7 Å². The Labute approximate surface area is 138 Å². The van der Waals surface area contributed by atoms with E-state index in [4.69, 9.17) is 5.73 Å². The maximum atomic E-state index is 13.7. The van der Waals surface area contributed by atoms with Gasteiger partial charge in [0.2, 0.25) is 5.91 Å². The lowest BCUT2D eigenvalue weighted by atomic mass is 10.1. The molecule has 0 fully saturated rings. The highest BCUT2D eigenvalue weighted by molar-refractivity contribution is 5.92. The van der Waals surface area contributed by atoms with Gasteiger partial charge in [0, 0.05) is 37.4 Å². The van der Waals surface area contributed by atoms with E-state index in [9.17, 15) is 9.18 Å². The number of aromatic nitrogens is 2. The third-order valence-corrected chi connectivity index (χ3v) is 3.76. The number of amides is 1. The van der Waals surface area contributed by atoms with Crippen LogP contribution in [0.3, 0.4) is 0 Å². The van der Waals surface area contributed by atoms with Crippen LogP contribution in [0.15, 0.2) is 48.8 Å². The average Bonchev–Trinajstić information content (AvgIpc) is 2.98. The summed E-state index contributed by atoms with van der Waals surface area (Å²) < 4.78 is 13.7. The van der Waals surface area contributed by atoms with Gasteiger partial charge in [0.15, 0.2) is 0 Å². The normalized spacial score (nSPS) is 11.2. The molecule has 0 radical (unpaired) electrons. The SMILES string of the molecule is CN(Cc1c[nH]c2c(F)cccc12)C(=O)/C=C/c1ccc(N)nc1. The maximum absolute atomic E-state index is 13.7. The summed E-state index contributed by atoms with van der Waals surface area (Å²) in [6.45, 7) is 0.382. The number of hydrogen-bond donors (Lipinski definition) is 2. The van der Waals surface area contributed by atoms with Crippen molar-refractivity contribution < 1.29 is 9.18 Å². The first-order valence-electron chi connectivity index (χ1n) is 7.44. The molecule has 0 bridgehead atoms. The van der Waals surface area contributed by atoms with E-state index in [1.54, 1.807) is 48.6 Å². The largest absolute Gasteiger partial charge is 0.384 e. The summed E-state index contributed by atoms with van der Waals surface area (Å²) in [6, 6.07) is 8.35. The van der Waals surface area contributed by atoms with E-state index < -0.39 is 0 Å². The molecule has 0 atom stereocenters. The van der Waals surface area contributed by atoms with Crippen molar-refractivity contribution in [3.63, 3.8) is 0 Å². The molecule has 122 valence electrons. The van der Waals surface area contributed by atoms with Crippen LogP contribution in [-0.4, -0.2) is 27.8 Å². The third-order valence-electron chi connectivity index (χ3n) is 3.76. The molecule has 3 N–H and O–H groups in total. The first kappa shape index (κ1) is 15.7. The van der Waals surface area contributed by atoms with E-state index in [2.05, 4.69) is 9.97 Å². The zero-order chi connectivity index (χ0) is 17.1. The van der Waals surface area contributed by atoms with Gasteiger partial charge in [0.1, 0.15) is 11.6 Å². The highest BCUT2D eigenvalue weighted by Gasteiger charge is 2.11. The predicted octanol–water partition coefficient (Wildman–Crippen LogP) is 2.96. The van der Waals surface area contributed by atoms with Crippen LogP contribution in [0.2, 0.25) is 0 Å². The number of likely N-dealkylation sites (N-methyl/N-ethyl adjacent to an activating group) is 1. The van der Waals surface area contributed by atoms with Gasteiger partial charge in [-0.1, -0.05) is 12.1 Å².